The first kappa shape index (κ1) is 10.3. The van der Waals surface area contributed by atoms with Crippen LogP contribution in [0, 0.1) is 5.41 Å². The molecule has 0 aliphatic carbocycles. The van der Waals surface area contributed by atoms with Crippen LogP contribution in [0.5, 0.6) is 0 Å². The van der Waals surface area contributed by atoms with Crippen molar-refractivity contribution in [2.24, 2.45) is 0 Å². The Labute approximate surface area is 92.7 Å². The number of likely N-dealkylation sites (tertiary alicyclic amines) is 1. The van der Waals surface area contributed by atoms with Crippen molar-refractivity contribution in [1.82, 2.24) is 4.90 Å². The van der Waals surface area contributed by atoms with Crippen LogP contribution in [0.3, 0.4) is 0 Å². The van der Waals surface area contributed by atoms with Crippen LogP contribution in [0.4, 0.5) is 0 Å². The summed E-state index contributed by atoms with van der Waals surface area (Å²) in [4.78, 5) is 24.3. The number of carbonyl (C=O) groups is 2. The van der Waals surface area contributed by atoms with Gasteiger partial charge in [0.2, 0.25) is 0 Å². The quantitative estimate of drug-likeness (QED) is 0.449. The molecule has 0 unspecified atom stereocenters. The van der Waals surface area contributed by atoms with E-state index in [0.29, 0.717) is 6.54 Å². The van der Waals surface area contributed by atoms with Crippen LogP contribution in [-0.2, 0) is 16.1 Å². The zero-order chi connectivity index (χ0) is 11.5. The molecule has 1 N–H and O–H groups in total. The molecule has 0 radical (unpaired) electrons. The fraction of sp³-hybridized carbons (Fsp3) is 0.167. The molecule has 1 aliphatic rings. The molecule has 16 heavy (non-hydrogen) atoms. The maximum atomic E-state index is 11.5. The SMILES string of the molecule is N=C=C1CN(Cc2ccccc2)C(=O)C1=O. The predicted octanol–water partition coefficient (Wildman–Crippen LogP) is 0.773. The zero-order valence-corrected chi connectivity index (χ0v) is 8.56. The number of benzene rings is 1. The summed E-state index contributed by atoms with van der Waals surface area (Å²) in [6.07, 6.45) is 0. The van der Waals surface area contributed by atoms with E-state index in [4.69, 9.17) is 5.41 Å². The summed E-state index contributed by atoms with van der Waals surface area (Å²) in [5.41, 5.74) is 1.11. The number of nitrogens with one attached hydrogen (secondary N) is 1. The van der Waals surface area contributed by atoms with Crippen LogP contribution in [0.15, 0.2) is 35.9 Å². The average Bonchev–Trinajstić information content (AvgIpc) is 2.58. The van der Waals surface area contributed by atoms with Gasteiger partial charge in [0.05, 0.1) is 12.1 Å². The van der Waals surface area contributed by atoms with Crippen LogP contribution in [0.25, 0.3) is 0 Å². The largest absolute Gasteiger partial charge is 0.326 e. The summed E-state index contributed by atoms with van der Waals surface area (Å²) in [5, 5.41) is 6.90. The Morgan fingerprint density at radius 2 is 1.94 bits per heavy atom. The van der Waals surface area contributed by atoms with Crippen molar-refractivity contribution < 1.29 is 9.59 Å². The molecule has 0 aromatic heterocycles. The van der Waals surface area contributed by atoms with Crippen LogP contribution in [-0.4, -0.2) is 29.0 Å². The van der Waals surface area contributed by atoms with Gasteiger partial charge in [-0.1, -0.05) is 30.3 Å². The van der Waals surface area contributed by atoms with Gasteiger partial charge in [-0.3, -0.25) is 15.0 Å². The molecular formula is C12H10N2O2. The molecule has 1 aliphatic heterocycles. The first-order valence-electron chi connectivity index (χ1n) is 4.88. The smallest absolute Gasteiger partial charge is 0.296 e. The van der Waals surface area contributed by atoms with E-state index >= 15 is 0 Å². The number of rotatable bonds is 2. The molecule has 1 aromatic carbocycles. The third-order valence-corrected chi connectivity index (χ3v) is 2.47. The Kier molecular flexibility index (Phi) is 2.66. The molecule has 0 atom stereocenters. The Morgan fingerprint density at radius 1 is 1.25 bits per heavy atom. The second-order valence-electron chi connectivity index (χ2n) is 3.58. The molecule has 4 heteroatoms. The lowest BCUT2D eigenvalue weighted by molar-refractivity contribution is -0.139. The monoisotopic (exact) mass is 214 g/mol. The van der Waals surface area contributed by atoms with Crippen LogP contribution >= 0.6 is 0 Å². The van der Waals surface area contributed by atoms with E-state index in [1.54, 1.807) is 0 Å². The van der Waals surface area contributed by atoms with Gasteiger partial charge >= 0.3 is 0 Å². The maximum Gasteiger partial charge on any atom is 0.296 e. The van der Waals surface area contributed by atoms with Gasteiger partial charge < -0.3 is 4.90 Å². The van der Waals surface area contributed by atoms with Crippen molar-refractivity contribution in [2.45, 2.75) is 6.54 Å². The molecule has 1 amide bonds. The number of amides is 1. The fourth-order valence-electron chi connectivity index (χ4n) is 1.63. The second-order valence-corrected chi connectivity index (χ2v) is 3.58. The summed E-state index contributed by atoms with van der Waals surface area (Å²) < 4.78 is 0. The minimum absolute atomic E-state index is 0.140. The standard InChI is InChI=1S/C12H10N2O2/c13-6-10-8-14(12(16)11(10)15)7-9-4-2-1-3-5-9/h1-5,13H,7-8H2. The van der Waals surface area contributed by atoms with Gasteiger partial charge in [-0.05, 0) is 11.4 Å². The third kappa shape index (κ3) is 1.78. The van der Waals surface area contributed by atoms with E-state index in [9.17, 15) is 9.59 Å². The maximum absolute atomic E-state index is 11.5. The number of hydrogen-bond donors (Lipinski definition) is 1. The van der Waals surface area contributed by atoms with E-state index < -0.39 is 11.7 Å². The summed E-state index contributed by atoms with van der Waals surface area (Å²) in [5.74, 6) is 0.866. The van der Waals surface area contributed by atoms with Crippen molar-refractivity contribution >= 4 is 17.6 Å². The highest BCUT2D eigenvalue weighted by molar-refractivity contribution is 6.46. The van der Waals surface area contributed by atoms with Gasteiger partial charge in [-0.2, -0.15) is 0 Å². The number of hydrogen-bond acceptors (Lipinski definition) is 3. The minimum atomic E-state index is -0.606. The molecule has 0 spiro atoms. The van der Waals surface area contributed by atoms with Gasteiger partial charge in [-0.25, -0.2) is 0 Å². The van der Waals surface area contributed by atoms with Crippen molar-refractivity contribution in [1.29, 1.82) is 5.41 Å². The molecule has 1 fully saturated rings. The molecule has 4 nitrogen and oxygen atoms in total. The molecule has 1 aromatic rings. The minimum Gasteiger partial charge on any atom is -0.326 e. The summed E-state index contributed by atoms with van der Waals surface area (Å²) in [6.45, 7) is 0.590. The van der Waals surface area contributed by atoms with Gasteiger partial charge in [0.25, 0.3) is 11.7 Å². The summed E-state index contributed by atoms with van der Waals surface area (Å²) in [6, 6.07) is 9.44. The molecule has 0 bridgehead atoms. The first-order chi connectivity index (χ1) is 7.72. The lowest BCUT2D eigenvalue weighted by Crippen LogP contribution is -2.26. The van der Waals surface area contributed by atoms with Gasteiger partial charge in [-0.15, -0.1) is 0 Å². The van der Waals surface area contributed by atoms with Crippen LogP contribution in [0.2, 0.25) is 0 Å². The first-order valence-corrected chi connectivity index (χ1v) is 4.88. The van der Waals surface area contributed by atoms with E-state index in [2.05, 4.69) is 0 Å². The van der Waals surface area contributed by atoms with Gasteiger partial charge in [0.1, 0.15) is 0 Å². The van der Waals surface area contributed by atoms with Gasteiger partial charge in [0.15, 0.2) is 0 Å². The molecule has 1 saturated heterocycles. The van der Waals surface area contributed by atoms with E-state index in [1.165, 1.54) is 4.90 Å². The van der Waals surface area contributed by atoms with E-state index in [0.717, 1.165) is 5.56 Å². The molecule has 0 saturated carbocycles. The lowest BCUT2D eigenvalue weighted by atomic mass is 10.2. The molecular weight excluding hydrogens is 204 g/mol. The highest BCUT2D eigenvalue weighted by Gasteiger charge is 2.34. The van der Waals surface area contributed by atoms with Crippen molar-refractivity contribution in [3.05, 3.63) is 41.5 Å². The molecule has 2 rings (SSSR count). The van der Waals surface area contributed by atoms with Crippen molar-refractivity contribution in [2.75, 3.05) is 6.54 Å². The average molecular weight is 214 g/mol. The number of ketones is 1. The Bertz CT molecular complexity index is 487. The Hall–Kier alpha value is -2.19. The molecule has 1 heterocycles. The van der Waals surface area contributed by atoms with Crippen LogP contribution < -0.4 is 0 Å². The Morgan fingerprint density at radius 3 is 2.50 bits per heavy atom. The highest BCUT2D eigenvalue weighted by Crippen LogP contribution is 2.14. The van der Waals surface area contributed by atoms with E-state index in [-0.39, 0.29) is 12.1 Å². The van der Waals surface area contributed by atoms with Crippen molar-refractivity contribution in [3.63, 3.8) is 0 Å². The van der Waals surface area contributed by atoms with Gasteiger partial charge in [0, 0.05) is 6.54 Å². The Balaban J connectivity index is 2.17. The highest BCUT2D eigenvalue weighted by atomic mass is 16.2. The molecule has 80 valence electrons. The summed E-state index contributed by atoms with van der Waals surface area (Å²) in [7, 11) is 0. The predicted molar refractivity (Wildman–Crippen MR) is 58.1 cm³/mol. The fourth-order valence-corrected chi connectivity index (χ4v) is 1.63. The summed E-state index contributed by atoms with van der Waals surface area (Å²) >= 11 is 0. The number of Topliss-reactive ketones (excluding diaryl/α,β-unsaturated/α-hetero) is 1. The normalized spacial score (nSPS) is 15.5. The van der Waals surface area contributed by atoms with Crippen LogP contribution in [0.1, 0.15) is 5.56 Å². The topological polar surface area (TPSA) is 61.2 Å². The van der Waals surface area contributed by atoms with E-state index in [1.807, 2.05) is 36.2 Å². The third-order valence-electron chi connectivity index (χ3n) is 2.47. The lowest BCUT2D eigenvalue weighted by Gasteiger charge is -2.13. The second kappa shape index (κ2) is 4.13. The number of carbonyl (C=O) groups excluding carboxylic acids is 2. The number of nitrogens with zero attached hydrogens (tertiary/aromatic N) is 1. The zero-order valence-electron chi connectivity index (χ0n) is 8.56. The van der Waals surface area contributed by atoms with Crippen molar-refractivity contribution in [3.8, 4) is 0 Å².